The molecule has 1 aromatic heterocycles. The largest absolute Gasteiger partial charge is 0.417 e. The van der Waals surface area contributed by atoms with Gasteiger partial charge in [0.15, 0.2) is 5.78 Å². The normalized spacial score (nSPS) is 13.3. The molecule has 6 heteroatoms. The number of nitrogens with zero attached hydrogens (tertiary/aromatic N) is 1. The van der Waals surface area contributed by atoms with E-state index in [1.165, 1.54) is 18.2 Å². The summed E-state index contributed by atoms with van der Waals surface area (Å²) in [7, 11) is 1.88. The maximum atomic E-state index is 13.4. The van der Waals surface area contributed by atoms with Gasteiger partial charge in [-0.3, -0.25) is 4.79 Å². The lowest BCUT2D eigenvalue weighted by molar-refractivity contribution is -0.137. The van der Waals surface area contributed by atoms with E-state index < -0.39 is 29.2 Å². The zero-order valence-electron chi connectivity index (χ0n) is 17.2. The summed E-state index contributed by atoms with van der Waals surface area (Å²) in [5.41, 5.74) is 1.39. The summed E-state index contributed by atoms with van der Waals surface area (Å²) in [5, 5.41) is 11.6. The van der Waals surface area contributed by atoms with Crippen molar-refractivity contribution in [2.75, 3.05) is 0 Å². The third-order valence-electron chi connectivity index (χ3n) is 5.36. The van der Waals surface area contributed by atoms with E-state index in [2.05, 4.69) is 0 Å². The summed E-state index contributed by atoms with van der Waals surface area (Å²) in [5.74, 6) is -1.01. The Morgan fingerprint density at radius 2 is 1.53 bits per heavy atom. The number of rotatable bonds is 5. The number of halogens is 3. The van der Waals surface area contributed by atoms with Crippen molar-refractivity contribution >= 4 is 22.3 Å². The molecule has 0 fully saturated rings. The number of aromatic nitrogens is 1. The van der Waals surface area contributed by atoms with Crippen molar-refractivity contribution in [3.8, 4) is 0 Å². The highest BCUT2D eigenvalue weighted by Crippen LogP contribution is 2.34. The molecule has 0 radical (unpaired) electrons. The molecule has 32 heavy (non-hydrogen) atoms. The smallest absolute Gasteiger partial charge is 0.381 e. The highest BCUT2D eigenvalue weighted by Gasteiger charge is 2.36. The molecule has 0 bridgehead atoms. The fourth-order valence-corrected chi connectivity index (χ4v) is 3.85. The van der Waals surface area contributed by atoms with Gasteiger partial charge in [-0.1, -0.05) is 66.7 Å². The van der Waals surface area contributed by atoms with Crippen molar-refractivity contribution in [2.45, 2.75) is 12.3 Å². The summed E-state index contributed by atoms with van der Waals surface area (Å²) >= 11 is 0. The average Bonchev–Trinajstić information content (AvgIpc) is 3.13. The number of carbonyl (C=O) groups is 1. The fraction of sp³-hybridized carbons (Fsp3) is 0.115. The summed E-state index contributed by atoms with van der Waals surface area (Å²) in [6.07, 6.45) is -3.25. The van der Waals surface area contributed by atoms with Gasteiger partial charge in [0, 0.05) is 35.3 Å². The second-order valence-corrected chi connectivity index (χ2v) is 7.47. The van der Waals surface area contributed by atoms with Gasteiger partial charge in [0.25, 0.3) is 0 Å². The molecular formula is C26H20F3NO2. The van der Waals surface area contributed by atoms with E-state index in [0.717, 1.165) is 34.2 Å². The molecule has 4 aromatic rings. The number of Topliss-reactive ketones (excluding diaryl/α,β-unsaturated/α-hetero) is 1. The molecule has 0 spiro atoms. The van der Waals surface area contributed by atoms with Crippen LogP contribution in [0, 0.1) is 0 Å². The number of aliphatic hydroxyl groups is 1. The van der Waals surface area contributed by atoms with Crippen LogP contribution in [0.3, 0.4) is 0 Å². The maximum absolute atomic E-state index is 13.4. The number of fused-ring (bicyclic) bond motifs is 1. The highest BCUT2D eigenvalue weighted by atomic mass is 19.4. The molecule has 0 saturated carbocycles. The number of benzene rings is 3. The molecular weight excluding hydrogens is 415 g/mol. The summed E-state index contributed by atoms with van der Waals surface area (Å²) in [6, 6.07) is 21.3. The minimum Gasteiger partial charge on any atom is -0.381 e. The Bertz CT molecular complexity index is 1300. The number of aliphatic hydroxyl groups excluding tert-OH is 1. The zero-order chi connectivity index (χ0) is 22.9. The van der Waals surface area contributed by atoms with Crippen molar-refractivity contribution < 1.29 is 23.1 Å². The Labute approximate surface area is 183 Å². The summed E-state index contributed by atoms with van der Waals surface area (Å²) < 4.78 is 42.1. The van der Waals surface area contributed by atoms with Gasteiger partial charge >= 0.3 is 6.18 Å². The average molecular weight is 435 g/mol. The van der Waals surface area contributed by atoms with E-state index >= 15 is 0 Å². The number of para-hydroxylation sites is 1. The lowest BCUT2D eigenvalue weighted by Gasteiger charge is -2.15. The third-order valence-corrected chi connectivity index (χ3v) is 5.36. The highest BCUT2D eigenvalue weighted by molar-refractivity contribution is 6.04. The van der Waals surface area contributed by atoms with Crippen LogP contribution in [-0.4, -0.2) is 21.6 Å². The van der Waals surface area contributed by atoms with Crippen LogP contribution in [0.5, 0.6) is 0 Å². The number of aryl methyl sites for hydroxylation is 1. The number of ketones is 1. The van der Waals surface area contributed by atoms with Crippen molar-refractivity contribution in [3.05, 3.63) is 113 Å². The second kappa shape index (κ2) is 8.48. The Hall–Kier alpha value is -3.64. The SMILES string of the molecule is Cn1cc(/C(=C/[C@@H](O)C(=O)c2ccccc2C(F)(F)F)c2ccccc2)c2ccccc21. The van der Waals surface area contributed by atoms with Crippen LogP contribution in [0.1, 0.15) is 27.0 Å². The first-order chi connectivity index (χ1) is 15.3. The monoisotopic (exact) mass is 435 g/mol. The Balaban J connectivity index is 1.85. The molecule has 3 aromatic carbocycles. The van der Waals surface area contributed by atoms with Gasteiger partial charge in [-0.2, -0.15) is 13.2 Å². The predicted octanol–water partition coefficient (Wildman–Crippen LogP) is 5.87. The number of hydrogen-bond donors (Lipinski definition) is 1. The van der Waals surface area contributed by atoms with E-state index in [4.69, 9.17) is 0 Å². The molecule has 0 aliphatic rings. The van der Waals surface area contributed by atoms with Crippen LogP contribution in [0.2, 0.25) is 0 Å². The van der Waals surface area contributed by atoms with E-state index in [1.807, 2.05) is 72.4 Å². The van der Waals surface area contributed by atoms with E-state index in [-0.39, 0.29) is 0 Å². The van der Waals surface area contributed by atoms with Gasteiger partial charge in [0.1, 0.15) is 6.10 Å². The van der Waals surface area contributed by atoms with Gasteiger partial charge in [-0.15, -0.1) is 0 Å². The summed E-state index contributed by atoms with van der Waals surface area (Å²) in [4.78, 5) is 12.9. The molecule has 0 amide bonds. The predicted molar refractivity (Wildman–Crippen MR) is 118 cm³/mol. The minimum absolute atomic E-state index is 0.561. The van der Waals surface area contributed by atoms with Crippen LogP contribution in [0.4, 0.5) is 13.2 Å². The molecule has 4 rings (SSSR count). The van der Waals surface area contributed by atoms with Gasteiger partial charge < -0.3 is 9.67 Å². The second-order valence-electron chi connectivity index (χ2n) is 7.47. The number of hydrogen-bond acceptors (Lipinski definition) is 2. The van der Waals surface area contributed by atoms with E-state index in [0.29, 0.717) is 5.57 Å². The molecule has 3 nitrogen and oxygen atoms in total. The van der Waals surface area contributed by atoms with Crippen LogP contribution in [0.25, 0.3) is 16.5 Å². The standard InChI is InChI=1S/C26H20F3NO2/c1-30-16-21(18-11-6-8-14-23(18)30)20(17-9-3-2-4-10-17)15-24(31)25(32)19-12-5-7-13-22(19)26(27,28)29/h2-16,24,31H,1H3/b20-15+/t24-/m1/s1. The molecule has 1 N–H and O–H groups in total. The summed E-state index contributed by atoms with van der Waals surface area (Å²) in [6.45, 7) is 0. The lowest BCUT2D eigenvalue weighted by atomic mass is 9.93. The van der Waals surface area contributed by atoms with Crippen LogP contribution < -0.4 is 0 Å². The number of carbonyl (C=O) groups excluding carboxylic acids is 1. The van der Waals surface area contributed by atoms with E-state index in [1.54, 1.807) is 0 Å². The molecule has 0 aliphatic heterocycles. The first kappa shape index (κ1) is 21.6. The van der Waals surface area contributed by atoms with Crippen molar-refractivity contribution in [1.82, 2.24) is 4.57 Å². The van der Waals surface area contributed by atoms with Crippen molar-refractivity contribution in [2.24, 2.45) is 7.05 Å². The molecule has 0 unspecified atom stereocenters. The third kappa shape index (κ3) is 4.09. The van der Waals surface area contributed by atoms with Gasteiger partial charge in [-0.25, -0.2) is 0 Å². The topological polar surface area (TPSA) is 42.2 Å². The van der Waals surface area contributed by atoms with Gasteiger partial charge in [0.2, 0.25) is 0 Å². The maximum Gasteiger partial charge on any atom is 0.417 e. The van der Waals surface area contributed by atoms with Crippen LogP contribution in [0.15, 0.2) is 91.1 Å². The molecule has 162 valence electrons. The van der Waals surface area contributed by atoms with Crippen molar-refractivity contribution in [3.63, 3.8) is 0 Å². The zero-order valence-corrected chi connectivity index (χ0v) is 17.2. The Morgan fingerprint density at radius 1 is 0.906 bits per heavy atom. The molecule has 0 saturated heterocycles. The van der Waals surface area contributed by atoms with Gasteiger partial charge in [-0.05, 0) is 29.3 Å². The van der Waals surface area contributed by atoms with E-state index in [9.17, 15) is 23.1 Å². The quantitative estimate of drug-likeness (QED) is 0.398. The first-order valence-electron chi connectivity index (χ1n) is 9.97. The van der Waals surface area contributed by atoms with Crippen molar-refractivity contribution in [1.29, 1.82) is 0 Å². The minimum atomic E-state index is -4.70. The number of alkyl halides is 3. The van der Waals surface area contributed by atoms with Gasteiger partial charge in [0.05, 0.1) is 5.56 Å². The Kier molecular flexibility index (Phi) is 5.72. The molecule has 0 aliphatic carbocycles. The Morgan fingerprint density at radius 3 is 2.25 bits per heavy atom. The first-order valence-corrected chi connectivity index (χ1v) is 9.97. The van der Waals surface area contributed by atoms with Crippen LogP contribution >= 0.6 is 0 Å². The lowest BCUT2D eigenvalue weighted by Crippen LogP contribution is -2.22. The fourth-order valence-electron chi connectivity index (χ4n) is 3.85. The van der Waals surface area contributed by atoms with Crippen LogP contribution in [-0.2, 0) is 13.2 Å². The molecule has 1 atom stereocenters. The molecule has 1 heterocycles.